The molecule has 0 spiro atoms. The van der Waals surface area contributed by atoms with Crippen molar-refractivity contribution in [2.75, 3.05) is 31.6 Å². The maximum absolute atomic E-state index is 6.08. The second kappa shape index (κ2) is 9.02. The van der Waals surface area contributed by atoms with E-state index in [1.165, 1.54) is 42.5 Å². The highest BCUT2D eigenvalue weighted by molar-refractivity contribution is 5.56. The first-order valence-corrected chi connectivity index (χ1v) is 10.00. The van der Waals surface area contributed by atoms with Gasteiger partial charge in [0.25, 0.3) is 0 Å². The monoisotopic (exact) mass is 345 g/mol. The fourth-order valence-corrected chi connectivity index (χ4v) is 4.27. The molecule has 4 atom stereocenters. The lowest BCUT2D eigenvalue weighted by molar-refractivity contribution is 0.0387. The molecule has 2 fully saturated rings. The Kier molecular flexibility index (Phi) is 6.74. The number of anilines is 1. The fraction of sp³-hybridized carbons (Fsp3) is 0.714. The van der Waals surface area contributed by atoms with E-state index in [1.807, 2.05) is 0 Å². The number of nitrogens with one attached hydrogen (secondary N) is 3. The van der Waals surface area contributed by atoms with Gasteiger partial charge in [0.2, 0.25) is 0 Å². The number of ether oxygens (including phenoxy) is 1. The van der Waals surface area contributed by atoms with Gasteiger partial charge in [0.1, 0.15) is 0 Å². The van der Waals surface area contributed by atoms with Gasteiger partial charge in [-0.15, -0.1) is 0 Å². The van der Waals surface area contributed by atoms with E-state index in [0.29, 0.717) is 18.2 Å². The first-order chi connectivity index (χ1) is 12.1. The topological polar surface area (TPSA) is 45.3 Å². The molecule has 1 aromatic carbocycles. The van der Waals surface area contributed by atoms with Crippen molar-refractivity contribution in [1.29, 1.82) is 0 Å². The molecule has 0 amide bonds. The third-order valence-electron chi connectivity index (χ3n) is 5.73. The third kappa shape index (κ3) is 5.44. The molecule has 2 aliphatic rings. The Hall–Kier alpha value is -1.10. The van der Waals surface area contributed by atoms with Crippen LogP contribution in [0.5, 0.6) is 0 Å². The van der Waals surface area contributed by atoms with Crippen LogP contribution in [0.2, 0.25) is 0 Å². The second-order valence-electron chi connectivity index (χ2n) is 8.03. The Labute approximate surface area is 153 Å². The van der Waals surface area contributed by atoms with Crippen LogP contribution in [0.3, 0.4) is 0 Å². The number of aryl methyl sites for hydroxylation is 2. The molecular formula is C21H35N3O. The Bertz CT molecular complexity index is 522. The maximum atomic E-state index is 6.08. The molecule has 4 heteroatoms. The lowest BCUT2D eigenvalue weighted by Crippen LogP contribution is -2.29. The van der Waals surface area contributed by atoms with E-state index in [1.54, 1.807) is 0 Å². The van der Waals surface area contributed by atoms with E-state index in [0.717, 1.165) is 32.2 Å². The average molecular weight is 346 g/mol. The highest BCUT2D eigenvalue weighted by atomic mass is 16.5. The minimum atomic E-state index is 0.361. The lowest BCUT2D eigenvalue weighted by Gasteiger charge is -2.20. The predicted molar refractivity (Wildman–Crippen MR) is 105 cm³/mol. The Morgan fingerprint density at radius 3 is 2.72 bits per heavy atom. The van der Waals surface area contributed by atoms with Gasteiger partial charge in [0, 0.05) is 24.3 Å². The van der Waals surface area contributed by atoms with E-state index >= 15 is 0 Å². The minimum Gasteiger partial charge on any atom is -0.383 e. The number of hydrogen-bond acceptors (Lipinski definition) is 4. The Balaban J connectivity index is 1.36. The second-order valence-corrected chi connectivity index (χ2v) is 8.03. The standard InChI is InChI=1S/C21H35N3O/c1-15-6-4-7-16(2)21(15)24-13-20-11-18(12-23-20)10-17(3)25-14-19-8-5-9-22-19/h4,6-7,17-20,22-24H,5,8-14H2,1-3H3/t17?,18?,19-,20-/m0/s1. The molecule has 3 N–H and O–H groups in total. The lowest BCUT2D eigenvalue weighted by atomic mass is 9.98. The molecule has 1 aromatic rings. The highest BCUT2D eigenvalue weighted by Gasteiger charge is 2.26. The Morgan fingerprint density at radius 1 is 1.20 bits per heavy atom. The summed E-state index contributed by atoms with van der Waals surface area (Å²) >= 11 is 0. The summed E-state index contributed by atoms with van der Waals surface area (Å²) < 4.78 is 6.08. The van der Waals surface area contributed by atoms with Crippen LogP contribution in [0.4, 0.5) is 5.69 Å². The van der Waals surface area contributed by atoms with Crippen LogP contribution in [0, 0.1) is 19.8 Å². The molecule has 2 heterocycles. The van der Waals surface area contributed by atoms with Gasteiger partial charge in [-0.05, 0) is 76.6 Å². The van der Waals surface area contributed by atoms with Crippen LogP contribution in [-0.4, -0.2) is 44.4 Å². The van der Waals surface area contributed by atoms with E-state index in [9.17, 15) is 0 Å². The van der Waals surface area contributed by atoms with Gasteiger partial charge in [-0.3, -0.25) is 0 Å². The molecule has 2 unspecified atom stereocenters. The quantitative estimate of drug-likeness (QED) is 0.677. The number of benzene rings is 1. The fourth-order valence-electron chi connectivity index (χ4n) is 4.27. The van der Waals surface area contributed by atoms with Gasteiger partial charge in [-0.25, -0.2) is 0 Å². The molecule has 2 aliphatic heterocycles. The van der Waals surface area contributed by atoms with Gasteiger partial charge < -0.3 is 20.7 Å². The smallest absolute Gasteiger partial charge is 0.0623 e. The van der Waals surface area contributed by atoms with Crippen molar-refractivity contribution in [3.8, 4) is 0 Å². The van der Waals surface area contributed by atoms with Gasteiger partial charge in [-0.1, -0.05) is 18.2 Å². The van der Waals surface area contributed by atoms with E-state index in [2.05, 4.69) is 54.9 Å². The van der Waals surface area contributed by atoms with Crippen LogP contribution < -0.4 is 16.0 Å². The van der Waals surface area contributed by atoms with Crippen molar-refractivity contribution in [2.45, 2.75) is 64.6 Å². The molecule has 25 heavy (non-hydrogen) atoms. The normalized spacial score (nSPS) is 27.6. The minimum absolute atomic E-state index is 0.361. The van der Waals surface area contributed by atoms with Crippen molar-refractivity contribution in [3.63, 3.8) is 0 Å². The molecule has 140 valence electrons. The van der Waals surface area contributed by atoms with Gasteiger partial charge >= 0.3 is 0 Å². The summed E-state index contributed by atoms with van der Waals surface area (Å²) in [6.45, 7) is 10.7. The number of para-hydroxylation sites is 1. The zero-order valence-corrected chi connectivity index (χ0v) is 16.1. The molecular weight excluding hydrogens is 310 g/mol. The van der Waals surface area contributed by atoms with Crippen LogP contribution in [-0.2, 0) is 4.74 Å². The van der Waals surface area contributed by atoms with Crippen LogP contribution >= 0.6 is 0 Å². The molecule has 0 saturated carbocycles. The molecule has 4 nitrogen and oxygen atoms in total. The zero-order valence-electron chi connectivity index (χ0n) is 16.1. The highest BCUT2D eigenvalue weighted by Crippen LogP contribution is 2.23. The Morgan fingerprint density at radius 2 is 2.00 bits per heavy atom. The summed E-state index contributed by atoms with van der Waals surface area (Å²) in [6, 6.07) is 7.63. The summed E-state index contributed by atoms with van der Waals surface area (Å²) in [7, 11) is 0. The number of hydrogen-bond donors (Lipinski definition) is 3. The van der Waals surface area contributed by atoms with Crippen molar-refractivity contribution in [2.24, 2.45) is 5.92 Å². The molecule has 3 rings (SSSR count). The van der Waals surface area contributed by atoms with Crippen LogP contribution in [0.25, 0.3) is 0 Å². The largest absolute Gasteiger partial charge is 0.383 e. The van der Waals surface area contributed by atoms with Gasteiger partial charge in [-0.2, -0.15) is 0 Å². The molecule has 2 saturated heterocycles. The molecule has 0 aliphatic carbocycles. The number of rotatable bonds is 8. The summed E-state index contributed by atoms with van der Waals surface area (Å²) in [6.07, 6.45) is 5.33. The first kappa shape index (κ1) is 18.7. The maximum Gasteiger partial charge on any atom is 0.0623 e. The van der Waals surface area contributed by atoms with E-state index in [-0.39, 0.29) is 0 Å². The molecule has 0 aromatic heterocycles. The SMILES string of the molecule is Cc1cccc(C)c1NC[C@@H]1CC(CC(C)OC[C@@H]2CCCN2)CN1. The van der Waals surface area contributed by atoms with Crippen molar-refractivity contribution < 1.29 is 4.74 Å². The van der Waals surface area contributed by atoms with Gasteiger partial charge in [0.15, 0.2) is 0 Å². The first-order valence-electron chi connectivity index (χ1n) is 10.00. The van der Waals surface area contributed by atoms with Crippen LogP contribution in [0.1, 0.15) is 43.7 Å². The summed E-state index contributed by atoms with van der Waals surface area (Å²) in [5.74, 6) is 0.733. The third-order valence-corrected chi connectivity index (χ3v) is 5.73. The predicted octanol–water partition coefficient (Wildman–Crippen LogP) is 3.24. The van der Waals surface area contributed by atoms with Crippen molar-refractivity contribution in [1.82, 2.24) is 10.6 Å². The van der Waals surface area contributed by atoms with Crippen molar-refractivity contribution >= 4 is 5.69 Å². The molecule has 0 bridgehead atoms. The average Bonchev–Trinajstić information content (AvgIpc) is 3.24. The summed E-state index contributed by atoms with van der Waals surface area (Å²) in [5, 5.41) is 10.9. The van der Waals surface area contributed by atoms with E-state index in [4.69, 9.17) is 4.74 Å². The zero-order chi connectivity index (χ0) is 17.6. The molecule has 0 radical (unpaired) electrons. The van der Waals surface area contributed by atoms with Crippen LogP contribution in [0.15, 0.2) is 18.2 Å². The summed E-state index contributed by atoms with van der Waals surface area (Å²) in [4.78, 5) is 0. The van der Waals surface area contributed by atoms with Crippen molar-refractivity contribution in [3.05, 3.63) is 29.3 Å². The van der Waals surface area contributed by atoms with Gasteiger partial charge in [0.05, 0.1) is 12.7 Å². The summed E-state index contributed by atoms with van der Waals surface area (Å²) in [5.41, 5.74) is 3.96. The van der Waals surface area contributed by atoms with E-state index < -0.39 is 0 Å².